The van der Waals surface area contributed by atoms with Gasteiger partial charge in [0.2, 0.25) is 0 Å². The number of anilines is 1. The van der Waals surface area contributed by atoms with E-state index in [1.807, 2.05) is 38.2 Å². The summed E-state index contributed by atoms with van der Waals surface area (Å²) in [5, 5.41) is 4.76. The van der Waals surface area contributed by atoms with E-state index >= 15 is 0 Å². The number of nitrogens with one attached hydrogen (secondary N) is 1. The molecule has 0 bridgehead atoms. The number of ether oxygens (including phenoxy) is 1. The predicted molar refractivity (Wildman–Crippen MR) is 113 cm³/mol. The SMILES string of the molecule is CC(CN(C)Cc1ccccc1)Nc1ccnc2cc(OC(C)C)ccc12. The number of rotatable bonds is 8. The topological polar surface area (TPSA) is 37.4 Å². The third-order valence-corrected chi connectivity index (χ3v) is 4.37. The van der Waals surface area contributed by atoms with Gasteiger partial charge in [0.25, 0.3) is 0 Å². The van der Waals surface area contributed by atoms with E-state index < -0.39 is 0 Å². The van der Waals surface area contributed by atoms with Crippen molar-refractivity contribution >= 4 is 16.6 Å². The van der Waals surface area contributed by atoms with Gasteiger partial charge in [0.1, 0.15) is 5.75 Å². The first-order valence-electron chi connectivity index (χ1n) is 9.55. The second kappa shape index (κ2) is 8.87. The van der Waals surface area contributed by atoms with Gasteiger partial charge in [-0.25, -0.2) is 0 Å². The fourth-order valence-corrected chi connectivity index (χ4v) is 3.34. The van der Waals surface area contributed by atoms with Crippen LogP contribution in [0.1, 0.15) is 26.3 Å². The summed E-state index contributed by atoms with van der Waals surface area (Å²) in [6, 6.07) is 19.0. The molecule has 2 aromatic carbocycles. The molecule has 1 unspecified atom stereocenters. The molecule has 0 saturated heterocycles. The molecule has 0 aliphatic rings. The lowest BCUT2D eigenvalue weighted by molar-refractivity contribution is 0.242. The molecule has 0 aliphatic carbocycles. The predicted octanol–water partition coefficient (Wildman–Crippen LogP) is 4.95. The first-order valence-corrected chi connectivity index (χ1v) is 9.55. The van der Waals surface area contributed by atoms with Crippen molar-refractivity contribution in [2.24, 2.45) is 0 Å². The maximum Gasteiger partial charge on any atom is 0.121 e. The molecule has 3 rings (SSSR count). The van der Waals surface area contributed by atoms with E-state index in [0.717, 1.165) is 35.4 Å². The van der Waals surface area contributed by atoms with Gasteiger partial charge in [-0.3, -0.25) is 4.98 Å². The minimum absolute atomic E-state index is 0.156. The number of pyridine rings is 1. The van der Waals surface area contributed by atoms with E-state index in [1.165, 1.54) is 5.56 Å². The quantitative estimate of drug-likeness (QED) is 0.614. The van der Waals surface area contributed by atoms with Crippen LogP contribution in [0.15, 0.2) is 60.8 Å². The van der Waals surface area contributed by atoms with Crippen LogP contribution < -0.4 is 10.1 Å². The molecule has 1 N–H and O–H groups in total. The Bertz CT molecular complexity index is 864. The summed E-state index contributed by atoms with van der Waals surface area (Å²) < 4.78 is 5.79. The fraction of sp³-hybridized carbons (Fsp3) is 0.348. The zero-order valence-electron chi connectivity index (χ0n) is 16.6. The Kier molecular flexibility index (Phi) is 6.30. The highest BCUT2D eigenvalue weighted by Crippen LogP contribution is 2.26. The van der Waals surface area contributed by atoms with Crippen LogP contribution in [0.4, 0.5) is 5.69 Å². The Hall–Kier alpha value is -2.59. The summed E-state index contributed by atoms with van der Waals surface area (Å²) >= 11 is 0. The molecule has 1 aromatic heterocycles. The van der Waals surface area contributed by atoms with Crippen molar-refractivity contribution in [1.82, 2.24) is 9.88 Å². The standard InChI is InChI=1S/C23H29N3O/c1-17(2)27-20-10-11-21-22(12-13-24-23(21)14-20)25-18(3)15-26(4)16-19-8-6-5-7-9-19/h5-14,17-18H,15-16H2,1-4H3,(H,24,25). The van der Waals surface area contributed by atoms with Crippen molar-refractivity contribution in [3.05, 3.63) is 66.4 Å². The van der Waals surface area contributed by atoms with Crippen LogP contribution in [0.3, 0.4) is 0 Å². The lowest BCUT2D eigenvalue weighted by Crippen LogP contribution is -2.32. The molecule has 4 heteroatoms. The van der Waals surface area contributed by atoms with Gasteiger partial charge < -0.3 is 15.0 Å². The maximum absolute atomic E-state index is 5.79. The number of fused-ring (bicyclic) bond motifs is 1. The lowest BCUT2D eigenvalue weighted by atomic mass is 10.1. The second-order valence-corrected chi connectivity index (χ2v) is 7.43. The van der Waals surface area contributed by atoms with Crippen molar-refractivity contribution < 1.29 is 4.74 Å². The molecule has 0 saturated carbocycles. The number of hydrogen-bond acceptors (Lipinski definition) is 4. The van der Waals surface area contributed by atoms with Crippen LogP contribution in [0.25, 0.3) is 10.9 Å². The molecule has 0 amide bonds. The lowest BCUT2D eigenvalue weighted by Gasteiger charge is -2.23. The van der Waals surface area contributed by atoms with Crippen LogP contribution in [0.5, 0.6) is 5.75 Å². The zero-order valence-corrected chi connectivity index (χ0v) is 16.6. The molecular formula is C23H29N3O. The van der Waals surface area contributed by atoms with Gasteiger partial charge >= 0.3 is 0 Å². The van der Waals surface area contributed by atoms with E-state index in [4.69, 9.17) is 4.74 Å². The molecule has 27 heavy (non-hydrogen) atoms. The van der Waals surface area contributed by atoms with Gasteiger partial charge in [0.15, 0.2) is 0 Å². The molecule has 0 fully saturated rings. The summed E-state index contributed by atoms with van der Waals surface area (Å²) in [4.78, 5) is 6.84. The van der Waals surface area contributed by atoms with Crippen molar-refractivity contribution in [1.29, 1.82) is 0 Å². The Morgan fingerprint density at radius 1 is 1.04 bits per heavy atom. The fourth-order valence-electron chi connectivity index (χ4n) is 3.34. The largest absolute Gasteiger partial charge is 0.491 e. The Balaban J connectivity index is 1.66. The summed E-state index contributed by atoms with van der Waals surface area (Å²) in [7, 11) is 2.16. The molecule has 4 nitrogen and oxygen atoms in total. The van der Waals surface area contributed by atoms with Crippen LogP contribution in [0, 0.1) is 0 Å². The molecule has 1 atom stereocenters. The number of hydrogen-bond donors (Lipinski definition) is 1. The van der Waals surface area contributed by atoms with Crippen molar-refractivity contribution in [3.8, 4) is 5.75 Å². The monoisotopic (exact) mass is 363 g/mol. The van der Waals surface area contributed by atoms with Crippen LogP contribution in [-0.4, -0.2) is 35.6 Å². The van der Waals surface area contributed by atoms with Gasteiger partial charge in [-0.15, -0.1) is 0 Å². The molecule has 0 aliphatic heterocycles. The third kappa shape index (κ3) is 5.44. The van der Waals surface area contributed by atoms with Crippen molar-refractivity contribution in [2.45, 2.75) is 39.5 Å². The van der Waals surface area contributed by atoms with E-state index in [0.29, 0.717) is 6.04 Å². The highest BCUT2D eigenvalue weighted by Gasteiger charge is 2.10. The molecule has 142 valence electrons. The number of aromatic nitrogens is 1. The molecular weight excluding hydrogens is 334 g/mol. The first kappa shape index (κ1) is 19.2. The van der Waals surface area contributed by atoms with Crippen LogP contribution in [-0.2, 0) is 6.54 Å². The maximum atomic E-state index is 5.79. The Morgan fingerprint density at radius 2 is 1.81 bits per heavy atom. The van der Waals surface area contributed by atoms with Crippen LogP contribution >= 0.6 is 0 Å². The average Bonchev–Trinajstić information content (AvgIpc) is 2.62. The van der Waals surface area contributed by atoms with Gasteiger partial charge in [-0.2, -0.15) is 0 Å². The molecule has 0 radical (unpaired) electrons. The van der Waals surface area contributed by atoms with E-state index in [1.54, 1.807) is 0 Å². The smallest absolute Gasteiger partial charge is 0.121 e. The number of benzene rings is 2. The van der Waals surface area contributed by atoms with E-state index in [-0.39, 0.29) is 6.10 Å². The summed E-state index contributed by atoms with van der Waals surface area (Å²) in [5.41, 5.74) is 3.39. The Morgan fingerprint density at radius 3 is 2.56 bits per heavy atom. The molecule has 0 spiro atoms. The van der Waals surface area contributed by atoms with Crippen molar-refractivity contribution in [3.63, 3.8) is 0 Å². The number of likely N-dealkylation sites (N-methyl/N-ethyl adjacent to an activating group) is 1. The summed E-state index contributed by atoms with van der Waals surface area (Å²) in [6.45, 7) is 8.17. The number of nitrogens with zero attached hydrogens (tertiary/aromatic N) is 2. The first-order chi connectivity index (χ1) is 13.0. The minimum Gasteiger partial charge on any atom is -0.491 e. The summed E-state index contributed by atoms with van der Waals surface area (Å²) in [5.74, 6) is 0.859. The highest BCUT2D eigenvalue weighted by atomic mass is 16.5. The summed E-state index contributed by atoms with van der Waals surface area (Å²) in [6.07, 6.45) is 2.01. The van der Waals surface area contributed by atoms with Crippen molar-refractivity contribution in [2.75, 3.05) is 18.9 Å². The zero-order chi connectivity index (χ0) is 19.2. The van der Waals surface area contributed by atoms with Gasteiger partial charge in [0.05, 0.1) is 11.6 Å². The van der Waals surface area contributed by atoms with E-state index in [2.05, 4.69) is 65.6 Å². The minimum atomic E-state index is 0.156. The second-order valence-electron chi connectivity index (χ2n) is 7.43. The van der Waals surface area contributed by atoms with Gasteiger partial charge in [-0.1, -0.05) is 30.3 Å². The van der Waals surface area contributed by atoms with Gasteiger partial charge in [0, 0.05) is 42.5 Å². The Labute approximate surface area is 162 Å². The highest BCUT2D eigenvalue weighted by molar-refractivity contribution is 5.91. The van der Waals surface area contributed by atoms with Crippen LogP contribution in [0.2, 0.25) is 0 Å². The molecule has 3 aromatic rings. The van der Waals surface area contributed by atoms with Gasteiger partial charge in [-0.05, 0) is 51.6 Å². The third-order valence-electron chi connectivity index (χ3n) is 4.37. The van der Waals surface area contributed by atoms with E-state index in [9.17, 15) is 0 Å². The normalized spacial score (nSPS) is 12.5. The molecule has 1 heterocycles. The average molecular weight is 364 g/mol.